The number of hydrogen-bond acceptors (Lipinski definition) is 3. The Morgan fingerprint density at radius 3 is 2.77 bits per heavy atom. The van der Waals surface area contributed by atoms with Gasteiger partial charge in [0.25, 0.3) is 5.91 Å². The average molecular weight is 423 g/mol. The summed E-state index contributed by atoms with van der Waals surface area (Å²) in [6.07, 6.45) is 1.04. The molecular weight excluding hydrogens is 403 g/mol. The molecule has 1 unspecified atom stereocenters. The van der Waals surface area contributed by atoms with Crippen LogP contribution in [0.4, 0.5) is 10.1 Å². The van der Waals surface area contributed by atoms with Gasteiger partial charge in [0, 0.05) is 11.1 Å². The topological polar surface area (TPSA) is 55.1 Å². The molecule has 0 radical (unpaired) electrons. The molecule has 4 aromatic rings. The molecule has 1 amide bonds. The summed E-state index contributed by atoms with van der Waals surface area (Å²) in [4.78, 5) is 17.1. The van der Waals surface area contributed by atoms with Crippen molar-refractivity contribution in [3.63, 3.8) is 0 Å². The van der Waals surface area contributed by atoms with E-state index in [2.05, 4.69) is 30.2 Å². The van der Waals surface area contributed by atoms with Crippen LogP contribution in [0.5, 0.6) is 0 Å². The molecule has 1 N–H and O–H groups in total. The van der Waals surface area contributed by atoms with Gasteiger partial charge in [0.15, 0.2) is 5.58 Å². The van der Waals surface area contributed by atoms with Gasteiger partial charge in [-0.25, -0.2) is 9.37 Å². The number of halogens is 2. The molecule has 1 atom stereocenters. The molecule has 0 saturated heterocycles. The van der Waals surface area contributed by atoms with Crippen LogP contribution in [0, 0.1) is 5.82 Å². The van der Waals surface area contributed by atoms with Gasteiger partial charge in [0.05, 0.1) is 10.7 Å². The molecule has 0 spiro atoms. The molecule has 4 nitrogen and oxygen atoms in total. The Balaban J connectivity index is 1.65. The van der Waals surface area contributed by atoms with E-state index < -0.39 is 11.7 Å². The lowest BCUT2D eigenvalue weighted by Crippen LogP contribution is -2.12. The number of amides is 1. The van der Waals surface area contributed by atoms with E-state index in [0.29, 0.717) is 33.7 Å². The summed E-state index contributed by atoms with van der Waals surface area (Å²) in [6.45, 7) is 4.32. The zero-order chi connectivity index (χ0) is 21.3. The third-order valence-corrected chi connectivity index (χ3v) is 5.47. The smallest absolute Gasteiger partial charge is 0.255 e. The van der Waals surface area contributed by atoms with E-state index in [1.165, 1.54) is 29.8 Å². The number of aromatic nitrogens is 1. The molecule has 0 aliphatic rings. The highest BCUT2D eigenvalue weighted by atomic mass is 35.5. The highest BCUT2D eigenvalue weighted by Gasteiger charge is 2.14. The summed E-state index contributed by atoms with van der Waals surface area (Å²) in [5.74, 6) is -0.0611. The molecule has 6 heteroatoms. The highest BCUT2D eigenvalue weighted by molar-refractivity contribution is 6.34. The van der Waals surface area contributed by atoms with Crippen LogP contribution in [0.2, 0.25) is 5.02 Å². The molecular formula is C24H20ClFN2O2. The Labute approximate surface area is 178 Å². The molecule has 0 aliphatic carbocycles. The first-order valence-electron chi connectivity index (χ1n) is 9.72. The first-order chi connectivity index (χ1) is 14.4. The van der Waals surface area contributed by atoms with Crippen molar-refractivity contribution >= 4 is 34.3 Å². The van der Waals surface area contributed by atoms with Crippen molar-refractivity contribution in [2.45, 2.75) is 26.2 Å². The second-order valence-electron chi connectivity index (χ2n) is 7.21. The maximum atomic E-state index is 13.4. The van der Waals surface area contributed by atoms with E-state index in [1.54, 1.807) is 18.2 Å². The van der Waals surface area contributed by atoms with Crippen molar-refractivity contribution in [1.82, 2.24) is 4.98 Å². The van der Waals surface area contributed by atoms with E-state index >= 15 is 0 Å². The number of hydrogen-bond donors (Lipinski definition) is 1. The maximum Gasteiger partial charge on any atom is 0.255 e. The minimum absolute atomic E-state index is 0.205. The Hall–Kier alpha value is -3.18. The van der Waals surface area contributed by atoms with Gasteiger partial charge in [0.1, 0.15) is 11.3 Å². The number of oxazole rings is 1. The van der Waals surface area contributed by atoms with Crippen LogP contribution in [0.1, 0.15) is 42.1 Å². The highest BCUT2D eigenvalue weighted by Crippen LogP contribution is 2.32. The number of carbonyl (C=O) groups is 1. The fourth-order valence-electron chi connectivity index (χ4n) is 3.19. The minimum atomic E-state index is -0.481. The number of nitrogens with one attached hydrogen (secondary N) is 1. The van der Waals surface area contributed by atoms with E-state index in [9.17, 15) is 9.18 Å². The number of nitrogens with zero attached hydrogens (tertiary/aromatic N) is 1. The monoisotopic (exact) mass is 422 g/mol. The number of rotatable bonds is 5. The number of anilines is 1. The van der Waals surface area contributed by atoms with E-state index in [1.807, 2.05) is 12.1 Å². The number of fused-ring (bicyclic) bond motifs is 1. The molecule has 3 aromatic carbocycles. The predicted molar refractivity (Wildman–Crippen MR) is 118 cm³/mol. The average Bonchev–Trinajstić information content (AvgIpc) is 3.18. The summed E-state index contributed by atoms with van der Waals surface area (Å²) in [5.41, 5.74) is 3.96. The third kappa shape index (κ3) is 4.07. The Morgan fingerprint density at radius 1 is 1.17 bits per heavy atom. The van der Waals surface area contributed by atoms with Crippen LogP contribution in [0.3, 0.4) is 0 Å². The summed E-state index contributed by atoms with van der Waals surface area (Å²) in [7, 11) is 0. The maximum absolute atomic E-state index is 13.4. The van der Waals surface area contributed by atoms with Crippen LogP contribution in [-0.4, -0.2) is 10.9 Å². The zero-order valence-electron chi connectivity index (χ0n) is 16.6. The quantitative estimate of drug-likeness (QED) is 0.374. The third-order valence-electron chi connectivity index (χ3n) is 5.14. The molecule has 152 valence electrons. The Kier molecular flexibility index (Phi) is 5.55. The largest absolute Gasteiger partial charge is 0.436 e. The van der Waals surface area contributed by atoms with Crippen molar-refractivity contribution in [1.29, 1.82) is 0 Å². The van der Waals surface area contributed by atoms with E-state index in [-0.39, 0.29) is 5.56 Å². The second kappa shape index (κ2) is 8.28. The van der Waals surface area contributed by atoms with Gasteiger partial charge in [-0.2, -0.15) is 0 Å². The molecule has 0 bridgehead atoms. The molecule has 1 heterocycles. The van der Waals surface area contributed by atoms with E-state index in [0.717, 1.165) is 11.9 Å². The zero-order valence-corrected chi connectivity index (χ0v) is 17.3. The lowest BCUT2D eigenvalue weighted by Gasteiger charge is -2.08. The van der Waals surface area contributed by atoms with Crippen LogP contribution < -0.4 is 5.32 Å². The summed E-state index contributed by atoms with van der Waals surface area (Å²) in [5, 5.41) is 3.08. The van der Waals surface area contributed by atoms with Crippen LogP contribution in [-0.2, 0) is 0 Å². The first-order valence-corrected chi connectivity index (χ1v) is 10.1. The molecule has 0 fully saturated rings. The summed E-state index contributed by atoms with van der Waals surface area (Å²) < 4.78 is 19.3. The van der Waals surface area contributed by atoms with Crippen LogP contribution in [0.15, 0.2) is 65.1 Å². The van der Waals surface area contributed by atoms with Crippen molar-refractivity contribution < 1.29 is 13.6 Å². The lowest BCUT2D eigenvalue weighted by atomic mass is 9.98. The van der Waals surface area contributed by atoms with Gasteiger partial charge in [-0.1, -0.05) is 37.6 Å². The van der Waals surface area contributed by atoms with Crippen molar-refractivity contribution in [3.8, 4) is 11.5 Å². The number of carbonyl (C=O) groups excluding carboxylic acids is 1. The fourth-order valence-corrected chi connectivity index (χ4v) is 3.35. The van der Waals surface area contributed by atoms with E-state index in [4.69, 9.17) is 16.0 Å². The second-order valence-corrected chi connectivity index (χ2v) is 7.62. The molecule has 0 saturated carbocycles. The normalized spacial score (nSPS) is 12.1. The Bertz CT molecular complexity index is 1240. The molecule has 4 rings (SSSR count). The first kappa shape index (κ1) is 20.1. The fraction of sp³-hybridized carbons (Fsp3) is 0.167. The lowest BCUT2D eigenvalue weighted by molar-refractivity contribution is 0.102. The van der Waals surface area contributed by atoms with Crippen molar-refractivity contribution in [2.75, 3.05) is 5.32 Å². The van der Waals surface area contributed by atoms with Gasteiger partial charge in [-0.05, 0) is 66.4 Å². The molecule has 0 aliphatic heterocycles. The van der Waals surface area contributed by atoms with Gasteiger partial charge < -0.3 is 9.73 Å². The predicted octanol–water partition coefficient (Wildman–Crippen LogP) is 7.05. The van der Waals surface area contributed by atoms with Crippen molar-refractivity contribution in [3.05, 3.63) is 82.6 Å². The SMILES string of the molecule is CCC(C)c1ccc2oc(-c3ccc(Cl)c(NC(=O)c4cccc(F)c4)c3)nc2c1. The Morgan fingerprint density at radius 2 is 2.00 bits per heavy atom. The van der Waals surface area contributed by atoms with Crippen LogP contribution in [0.25, 0.3) is 22.6 Å². The van der Waals surface area contributed by atoms with Gasteiger partial charge in [0.2, 0.25) is 5.89 Å². The molecule has 30 heavy (non-hydrogen) atoms. The van der Waals surface area contributed by atoms with Gasteiger partial charge in [-0.3, -0.25) is 4.79 Å². The standard InChI is InChI=1S/C24H20ClFN2O2/c1-3-14(2)15-8-10-22-21(12-15)28-24(30-22)17-7-9-19(25)20(13-17)27-23(29)16-5-4-6-18(26)11-16/h4-14H,3H2,1-2H3,(H,27,29). The number of benzene rings is 3. The van der Waals surface area contributed by atoms with Crippen LogP contribution >= 0.6 is 11.6 Å². The summed E-state index contributed by atoms with van der Waals surface area (Å²) >= 11 is 6.26. The summed E-state index contributed by atoms with van der Waals surface area (Å²) in [6, 6.07) is 16.6. The van der Waals surface area contributed by atoms with Crippen molar-refractivity contribution in [2.24, 2.45) is 0 Å². The van der Waals surface area contributed by atoms with Gasteiger partial charge >= 0.3 is 0 Å². The van der Waals surface area contributed by atoms with Gasteiger partial charge in [-0.15, -0.1) is 0 Å². The minimum Gasteiger partial charge on any atom is -0.436 e. The molecule has 1 aromatic heterocycles.